The molecule has 0 fully saturated rings. The van der Waals surface area contributed by atoms with Crippen molar-refractivity contribution in [3.05, 3.63) is 216 Å². The molecule has 0 radical (unpaired) electrons. The fourth-order valence-corrected chi connectivity index (χ4v) is 8.78. The molecule has 5 heteroatoms. The Hall–Kier alpha value is -7.50. The molecule has 0 atom stereocenters. The van der Waals surface area contributed by atoms with Gasteiger partial charge in [-0.15, -0.1) is 0 Å². The molecule has 1 spiro atoms. The lowest BCUT2D eigenvalue weighted by atomic mass is 9.66. The van der Waals surface area contributed by atoms with Gasteiger partial charge < -0.3 is 4.74 Å². The Morgan fingerprint density at radius 3 is 1.49 bits per heavy atom. The van der Waals surface area contributed by atoms with Crippen LogP contribution in [0.3, 0.4) is 0 Å². The van der Waals surface area contributed by atoms with Crippen molar-refractivity contribution in [1.29, 1.82) is 0 Å². The fraction of sp³-hybridized carbons (Fsp3) is 0.0385. The van der Waals surface area contributed by atoms with E-state index in [1.165, 1.54) is 22.3 Å². The molecule has 0 saturated carbocycles. The van der Waals surface area contributed by atoms with Crippen molar-refractivity contribution in [2.24, 2.45) is 0 Å². The van der Waals surface area contributed by atoms with Gasteiger partial charge in [-0.2, -0.15) is 0 Å². The zero-order chi connectivity index (χ0) is 37.9. The number of nitrogens with zero attached hydrogens (tertiary/aromatic N) is 4. The van der Waals surface area contributed by atoms with Gasteiger partial charge in [-0.3, -0.25) is 4.98 Å². The predicted molar refractivity (Wildman–Crippen MR) is 227 cm³/mol. The molecule has 11 rings (SSSR count). The Balaban J connectivity index is 1.05. The average Bonchev–Trinajstić information content (AvgIpc) is 3.57. The number of para-hydroxylation sites is 1. The SMILES string of the molecule is Cc1nc(-c2ccccc2)ccc1-c1ccc(-c2nc(-c3ccccc3)nc(-c3ccc4c(c3)C3(c5ccccc5O4)c4ccccc4-c4ccccc43)n2)cc1. The van der Waals surface area contributed by atoms with Gasteiger partial charge in [0.15, 0.2) is 17.5 Å². The van der Waals surface area contributed by atoms with Crippen LogP contribution < -0.4 is 4.74 Å². The molecular formula is C52H34N4O. The summed E-state index contributed by atoms with van der Waals surface area (Å²) < 4.78 is 6.70. The van der Waals surface area contributed by atoms with Crippen molar-refractivity contribution in [3.8, 4) is 79.2 Å². The minimum Gasteiger partial charge on any atom is -0.457 e. The van der Waals surface area contributed by atoms with E-state index < -0.39 is 5.41 Å². The van der Waals surface area contributed by atoms with Crippen LogP contribution in [0.15, 0.2) is 188 Å². The third-order valence-corrected chi connectivity index (χ3v) is 11.4. The van der Waals surface area contributed by atoms with Crippen molar-refractivity contribution >= 4 is 0 Å². The molecule has 0 unspecified atom stereocenters. The lowest BCUT2D eigenvalue weighted by Gasteiger charge is -2.39. The maximum atomic E-state index is 6.70. The molecule has 268 valence electrons. The summed E-state index contributed by atoms with van der Waals surface area (Å²) in [6, 6.07) is 65.4. The van der Waals surface area contributed by atoms with Crippen LogP contribution >= 0.6 is 0 Å². The first kappa shape index (κ1) is 32.9. The quantitative estimate of drug-likeness (QED) is 0.176. The Kier molecular flexibility index (Phi) is 7.54. The predicted octanol–water partition coefficient (Wildman–Crippen LogP) is 12.4. The molecule has 7 aromatic carbocycles. The van der Waals surface area contributed by atoms with Crippen LogP contribution in [0.1, 0.15) is 27.9 Å². The highest BCUT2D eigenvalue weighted by molar-refractivity contribution is 5.89. The number of fused-ring (bicyclic) bond motifs is 9. The molecule has 5 nitrogen and oxygen atoms in total. The van der Waals surface area contributed by atoms with E-state index in [9.17, 15) is 0 Å². The van der Waals surface area contributed by atoms with Gasteiger partial charge in [0.05, 0.1) is 11.1 Å². The lowest BCUT2D eigenvalue weighted by Crippen LogP contribution is -2.32. The zero-order valence-corrected chi connectivity index (χ0v) is 31.1. The summed E-state index contributed by atoms with van der Waals surface area (Å²) >= 11 is 0. The molecule has 0 saturated heterocycles. The maximum Gasteiger partial charge on any atom is 0.164 e. The van der Waals surface area contributed by atoms with Gasteiger partial charge in [0.1, 0.15) is 11.5 Å². The second-order valence-electron chi connectivity index (χ2n) is 14.6. The van der Waals surface area contributed by atoms with Gasteiger partial charge in [-0.05, 0) is 65.1 Å². The van der Waals surface area contributed by atoms with E-state index in [0.717, 1.165) is 67.4 Å². The van der Waals surface area contributed by atoms with Crippen LogP contribution in [0.5, 0.6) is 11.5 Å². The van der Waals surface area contributed by atoms with Crippen LogP contribution in [0, 0.1) is 6.92 Å². The Bertz CT molecular complexity index is 2950. The van der Waals surface area contributed by atoms with Crippen LogP contribution in [-0.4, -0.2) is 19.9 Å². The standard InChI is InChI=1S/C52H34N4O/c1-33-39(29-30-46(53-33)35-14-4-2-5-15-35)34-24-26-37(27-25-34)50-54-49(36-16-6-3-7-17-36)55-51(56-50)38-28-31-48-45(32-38)52(44-22-12-13-23-47(44)57-48)42-20-10-8-18-40(42)41-19-9-11-21-43(41)52/h2-32H,1H3. The third-order valence-electron chi connectivity index (χ3n) is 11.4. The largest absolute Gasteiger partial charge is 0.457 e. The maximum absolute atomic E-state index is 6.70. The molecule has 3 heterocycles. The van der Waals surface area contributed by atoms with Crippen molar-refractivity contribution in [2.75, 3.05) is 0 Å². The van der Waals surface area contributed by atoms with Crippen LogP contribution in [-0.2, 0) is 5.41 Å². The molecule has 1 aliphatic carbocycles. The minimum atomic E-state index is -0.590. The molecule has 0 amide bonds. The van der Waals surface area contributed by atoms with Gasteiger partial charge in [0, 0.05) is 44.6 Å². The van der Waals surface area contributed by atoms with Crippen molar-refractivity contribution in [2.45, 2.75) is 12.3 Å². The molecule has 2 aromatic heterocycles. The topological polar surface area (TPSA) is 60.8 Å². The van der Waals surface area contributed by atoms with Gasteiger partial charge in [-0.25, -0.2) is 15.0 Å². The summed E-state index contributed by atoms with van der Waals surface area (Å²) in [7, 11) is 0. The van der Waals surface area contributed by atoms with E-state index in [0.29, 0.717) is 17.5 Å². The van der Waals surface area contributed by atoms with Crippen LogP contribution in [0.2, 0.25) is 0 Å². The van der Waals surface area contributed by atoms with Gasteiger partial charge in [-0.1, -0.05) is 158 Å². The summed E-state index contributed by atoms with van der Waals surface area (Å²) in [5, 5.41) is 0. The Morgan fingerprint density at radius 1 is 0.351 bits per heavy atom. The number of pyridine rings is 1. The monoisotopic (exact) mass is 730 g/mol. The smallest absolute Gasteiger partial charge is 0.164 e. The van der Waals surface area contributed by atoms with E-state index in [2.05, 4.69) is 140 Å². The lowest BCUT2D eigenvalue weighted by molar-refractivity contribution is 0.436. The Labute approximate surface area is 331 Å². The number of aryl methyl sites for hydroxylation is 1. The molecule has 57 heavy (non-hydrogen) atoms. The van der Waals surface area contributed by atoms with Crippen molar-refractivity contribution in [3.63, 3.8) is 0 Å². The number of rotatable bonds is 5. The van der Waals surface area contributed by atoms with Gasteiger partial charge >= 0.3 is 0 Å². The molecule has 0 bridgehead atoms. The van der Waals surface area contributed by atoms with Crippen LogP contribution in [0.4, 0.5) is 0 Å². The number of ether oxygens (including phenoxy) is 1. The number of aromatic nitrogens is 4. The second-order valence-corrected chi connectivity index (χ2v) is 14.6. The highest BCUT2D eigenvalue weighted by Crippen LogP contribution is 2.62. The normalized spacial score (nSPS) is 12.9. The summed E-state index contributed by atoms with van der Waals surface area (Å²) in [6.07, 6.45) is 0. The first-order valence-corrected chi connectivity index (χ1v) is 19.2. The average molecular weight is 731 g/mol. The van der Waals surface area contributed by atoms with E-state index in [-0.39, 0.29) is 0 Å². The van der Waals surface area contributed by atoms with E-state index in [4.69, 9.17) is 24.7 Å². The van der Waals surface area contributed by atoms with E-state index in [1.807, 2.05) is 54.6 Å². The van der Waals surface area contributed by atoms with E-state index in [1.54, 1.807) is 0 Å². The summed E-state index contributed by atoms with van der Waals surface area (Å²) in [6.45, 7) is 2.06. The Morgan fingerprint density at radius 2 is 0.842 bits per heavy atom. The third kappa shape index (κ3) is 5.24. The second kappa shape index (κ2) is 13.1. The van der Waals surface area contributed by atoms with E-state index >= 15 is 0 Å². The minimum absolute atomic E-state index is 0.590. The molecule has 9 aromatic rings. The zero-order valence-electron chi connectivity index (χ0n) is 31.1. The molecule has 2 aliphatic rings. The number of benzene rings is 7. The summed E-state index contributed by atoms with van der Waals surface area (Å²) in [5.41, 5.74) is 14.4. The number of hydrogen-bond donors (Lipinski definition) is 0. The van der Waals surface area contributed by atoms with Gasteiger partial charge in [0.25, 0.3) is 0 Å². The fourth-order valence-electron chi connectivity index (χ4n) is 8.78. The summed E-state index contributed by atoms with van der Waals surface area (Å²) in [5.74, 6) is 3.49. The first-order chi connectivity index (χ1) is 28.1. The highest BCUT2D eigenvalue weighted by atomic mass is 16.5. The van der Waals surface area contributed by atoms with Crippen LogP contribution in [0.25, 0.3) is 67.7 Å². The number of hydrogen-bond acceptors (Lipinski definition) is 5. The molecule has 0 N–H and O–H groups in total. The molecular weight excluding hydrogens is 697 g/mol. The first-order valence-electron chi connectivity index (χ1n) is 19.2. The van der Waals surface area contributed by atoms with Gasteiger partial charge in [0.2, 0.25) is 0 Å². The molecule has 1 aliphatic heterocycles. The summed E-state index contributed by atoms with van der Waals surface area (Å²) in [4.78, 5) is 20.3. The highest BCUT2D eigenvalue weighted by Gasteiger charge is 2.51. The van der Waals surface area contributed by atoms with Crippen molar-refractivity contribution in [1.82, 2.24) is 19.9 Å². The van der Waals surface area contributed by atoms with Crippen molar-refractivity contribution < 1.29 is 4.74 Å².